The smallest absolute Gasteiger partial charge is 0.340 e. The van der Waals surface area contributed by atoms with Crippen molar-refractivity contribution in [1.82, 2.24) is 15.5 Å². The maximum atomic E-state index is 13.0. The van der Waals surface area contributed by atoms with Crippen molar-refractivity contribution in [2.45, 2.75) is 45.8 Å². The summed E-state index contributed by atoms with van der Waals surface area (Å²) < 4.78 is 23.5. The van der Waals surface area contributed by atoms with E-state index >= 15 is 0 Å². The Balaban J connectivity index is 1.66. The number of hydrogen-bond donors (Lipinski definition) is 1. The first kappa shape index (κ1) is 20.4. The molecule has 8 heteroatoms. The van der Waals surface area contributed by atoms with Gasteiger partial charge in [0.1, 0.15) is 5.82 Å². The Labute approximate surface area is 167 Å². The molecule has 29 heavy (non-hydrogen) atoms. The van der Waals surface area contributed by atoms with Gasteiger partial charge in [0, 0.05) is 6.20 Å². The number of rotatable bonds is 6. The largest absolute Gasteiger partial charge is 0.449 e. The molecular weight excluding hydrogens is 377 g/mol. The van der Waals surface area contributed by atoms with Crippen LogP contribution in [0.4, 0.5) is 4.39 Å². The summed E-state index contributed by atoms with van der Waals surface area (Å²) in [6.45, 7) is 7.15. The third-order valence-electron chi connectivity index (χ3n) is 4.52. The van der Waals surface area contributed by atoms with Crippen molar-refractivity contribution in [1.29, 1.82) is 0 Å². The highest BCUT2D eigenvalue weighted by atomic mass is 19.1. The van der Waals surface area contributed by atoms with Gasteiger partial charge in [-0.2, -0.15) is 0 Å². The van der Waals surface area contributed by atoms with E-state index in [0.29, 0.717) is 16.8 Å². The Morgan fingerprint density at radius 1 is 1.14 bits per heavy atom. The lowest BCUT2D eigenvalue weighted by Gasteiger charge is -2.18. The summed E-state index contributed by atoms with van der Waals surface area (Å²) in [4.78, 5) is 28.9. The highest BCUT2D eigenvalue weighted by Crippen LogP contribution is 2.24. The number of hydrogen-bond acceptors (Lipinski definition) is 6. The molecule has 3 rings (SSSR count). The molecule has 0 aliphatic carbocycles. The summed E-state index contributed by atoms with van der Waals surface area (Å²) >= 11 is 0. The molecule has 3 aromatic rings. The molecule has 7 nitrogen and oxygen atoms in total. The van der Waals surface area contributed by atoms with Gasteiger partial charge in [0.2, 0.25) is 0 Å². The summed E-state index contributed by atoms with van der Waals surface area (Å²) in [5, 5.41) is 7.35. The second-order valence-electron chi connectivity index (χ2n) is 7.13. The van der Waals surface area contributed by atoms with Gasteiger partial charge in [0.05, 0.1) is 22.7 Å². The van der Waals surface area contributed by atoms with Crippen LogP contribution in [0.5, 0.6) is 0 Å². The molecule has 0 radical (unpaired) electrons. The Hall–Kier alpha value is -3.29. The van der Waals surface area contributed by atoms with Crippen LogP contribution >= 0.6 is 0 Å². The van der Waals surface area contributed by atoms with E-state index in [0.717, 1.165) is 5.56 Å². The average Bonchev–Trinajstić information content (AvgIpc) is 3.11. The van der Waals surface area contributed by atoms with Crippen molar-refractivity contribution < 1.29 is 23.2 Å². The normalized spacial score (nSPS) is 13.3. The van der Waals surface area contributed by atoms with Crippen molar-refractivity contribution >= 4 is 23.0 Å². The van der Waals surface area contributed by atoms with Crippen molar-refractivity contribution in [3.8, 4) is 0 Å². The highest BCUT2D eigenvalue weighted by Gasteiger charge is 2.22. The Morgan fingerprint density at radius 3 is 2.48 bits per heavy atom. The number of aromatic nitrogens is 2. The van der Waals surface area contributed by atoms with Gasteiger partial charge in [-0.05, 0) is 43.5 Å². The van der Waals surface area contributed by atoms with Gasteiger partial charge in [-0.25, -0.2) is 14.2 Å². The molecule has 2 atom stereocenters. The summed E-state index contributed by atoms with van der Waals surface area (Å²) in [6.07, 6.45) is 0.305. The molecule has 0 bridgehead atoms. The lowest BCUT2D eigenvalue weighted by Crippen LogP contribution is -2.37. The first-order chi connectivity index (χ1) is 13.8. The number of halogens is 1. The number of esters is 1. The molecule has 2 aromatic heterocycles. The first-order valence-electron chi connectivity index (χ1n) is 9.28. The monoisotopic (exact) mass is 399 g/mol. The molecule has 0 aliphatic rings. The van der Waals surface area contributed by atoms with Crippen molar-refractivity contribution in [3.05, 3.63) is 59.2 Å². The van der Waals surface area contributed by atoms with E-state index in [-0.39, 0.29) is 23.3 Å². The van der Waals surface area contributed by atoms with E-state index in [1.165, 1.54) is 25.3 Å². The summed E-state index contributed by atoms with van der Waals surface area (Å²) in [5.74, 6) is -1.39. The van der Waals surface area contributed by atoms with Crippen LogP contribution in [0.3, 0.4) is 0 Å². The Kier molecular flexibility index (Phi) is 5.91. The Bertz CT molecular complexity index is 1030. The van der Waals surface area contributed by atoms with Gasteiger partial charge in [0.15, 0.2) is 6.10 Å². The first-order valence-corrected chi connectivity index (χ1v) is 9.28. The average molecular weight is 399 g/mol. The zero-order valence-corrected chi connectivity index (χ0v) is 16.6. The topological polar surface area (TPSA) is 94.3 Å². The molecule has 152 valence electrons. The van der Waals surface area contributed by atoms with E-state index < -0.39 is 18.0 Å². The SMILES string of the molecule is CC(C)c1noc2ncc(C(=O)O[C@@H](C)C(=O)N[C@@H](C)c3ccc(F)cc3)cc12. The second kappa shape index (κ2) is 8.38. The molecule has 1 amide bonds. The molecule has 0 fully saturated rings. The van der Waals surface area contributed by atoms with E-state index in [4.69, 9.17) is 9.26 Å². The van der Waals surface area contributed by atoms with E-state index in [1.54, 1.807) is 25.1 Å². The molecule has 0 saturated heterocycles. The number of fused-ring (bicyclic) bond motifs is 1. The van der Waals surface area contributed by atoms with Gasteiger partial charge in [0.25, 0.3) is 11.6 Å². The predicted molar refractivity (Wildman–Crippen MR) is 104 cm³/mol. The molecule has 0 unspecified atom stereocenters. The van der Waals surface area contributed by atoms with Crippen LogP contribution in [0, 0.1) is 5.82 Å². The fourth-order valence-electron chi connectivity index (χ4n) is 2.83. The van der Waals surface area contributed by atoms with Crippen molar-refractivity contribution in [2.75, 3.05) is 0 Å². The van der Waals surface area contributed by atoms with Crippen LogP contribution in [0.25, 0.3) is 11.1 Å². The molecule has 0 aliphatic heterocycles. The number of amides is 1. The summed E-state index contributed by atoms with van der Waals surface area (Å²) in [6, 6.07) is 7.04. The van der Waals surface area contributed by atoms with E-state index in [1.807, 2.05) is 13.8 Å². The third-order valence-corrected chi connectivity index (χ3v) is 4.52. The number of nitrogens with one attached hydrogen (secondary N) is 1. The van der Waals surface area contributed by atoms with Gasteiger partial charge in [-0.3, -0.25) is 4.79 Å². The van der Waals surface area contributed by atoms with Crippen LogP contribution in [0.2, 0.25) is 0 Å². The fourth-order valence-corrected chi connectivity index (χ4v) is 2.83. The van der Waals surface area contributed by atoms with Crippen LogP contribution < -0.4 is 5.32 Å². The van der Waals surface area contributed by atoms with Crippen LogP contribution in [0.15, 0.2) is 41.1 Å². The zero-order chi connectivity index (χ0) is 21.1. The predicted octanol–water partition coefficient (Wildman–Crippen LogP) is 3.91. The zero-order valence-electron chi connectivity index (χ0n) is 16.6. The summed E-state index contributed by atoms with van der Waals surface area (Å²) in [5.41, 5.74) is 1.97. The van der Waals surface area contributed by atoms with E-state index in [2.05, 4.69) is 15.5 Å². The minimum absolute atomic E-state index is 0.0990. The Morgan fingerprint density at radius 2 is 1.83 bits per heavy atom. The second-order valence-corrected chi connectivity index (χ2v) is 7.13. The maximum absolute atomic E-state index is 13.0. The quantitative estimate of drug-likeness (QED) is 0.632. The van der Waals surface area contributed by atoms with E-state index in [9.17, 15) is 14.0 Å². The minimum atomic E-state index is -1.02. The summed E-state index contributed by atoms with van der Waals surface area (Å²) in [7, 11) is 0. The van der Waals surface area contributed by atoms with Gasteiger partial charge in [-0.1, -0.05) is 31.1 Å². The molecule has 0 saturated carbocycles. The standard InChI is InChI=1S/C21H22FN3O4/c1-11(2)18-17-9-15(10-23-20(17)29-25-18)21(27)28-13(4)19(26)24-12(3)14-5-7-16(22)8-6-14/h5-13H,1-4H3,(H,24,26)/t12-,13-/m0/s1. The number of nitrogens with zero attached hydrogens (tertiary/aromatic N) is 2. The van der Waals surface area contributed by atoms with Crippen LogP contribution in [-0.2, 0) is 9.53 Å². The maximum Gasteiger partial charge on any atom is 0.340 e. The molecular formula is C21H22FN3O4. The lowest BCUT2D eigenvalue weighted by molar-refractivity contribution is -0.129. The lowest BCUT2D eigenvalue weighted by atomic mass is 10.1. The van der Waals surface area contributed by atoms with Crippen LogP contribution in [-0.4, -0.2) is 28.1 Å². The minimum Gasteiger partial charge on any atom is -0.449 e. The van der Waals surface area contributed by atoms with Gasteiger partial charge >= 0.3 is 5.97 Å². The molecule has 1 N–H and O–H groups in total. The van der Waals surface area contributed by atoms with Crippen LogP contribution in [0.1, 0.15) is 61.3 Å². The molecule has 0 spiro atoms. The number of benzene rings is 1. The number of carbonyl (C=O) groups is 2. The number of carbonyl (C=O) groups excluding carboxylic acids is 2. The fraction of sp³-hybridized carbons (Fsp3) is 0.333. The number of ether oxygens (including phenoxy) is 1. The van der Waals surface area contributed by atoms with Crippen molar-refractivity contribution in [3.63, 3.8) is 0 Å². The molecule has 1 aromatic carbocycles. The van der Waals surface area contributed by atoms with Crippen molar-refractivity contribution in [2.24, 2.45) is 0 Å². The highest BCUT2D eigenvalue weighted by molar-refractivity contribution is 5.95. The number of pyridine rings is 1. The molecule has 2 heterocycles. The van der Waals surface area contributed by atoms with Gasteiger partial charge < -0.3 is 14.6 Å². The van der Waals surface area contributed by atoms with Gasteiger partial charge in [-0.15, -0.1) is 0 Å². The third kappa shape index (κ3) is 4.59.